The van der Waals surface area contributed by atoms with Crippen LogP contribution in [0, 0.1) is 0 Å². The Morgan fingerprint density at radius 3 is 2.26 bits per heavy atom. The molecular formula is C17H16Cl2N4O4. The summed E-state index contributed by atoms with van der Waals surface area (Å²) in [5, 5.41) is 1.06. The molecule has 0 radical (unpaired) electrons. The molecule has 3 amide bonds. The van der Waals surface area contributed by atoms with Gasteiger partial charge < -0.3 is 10.5 Å². The third-order valence-electron chi connectivity index (χ3n) is 3.15. The number of halogens is 2. The molecule has 0 aliphatic rings. The number of nitrogens with one attached hydrogen (secondary N) is 2. The summed E-state index contributed by atoms with van der Waals surface area (Å²) < 4.78 is 5.25. The Balaban J connectivity index is 2.01. The molecule has 1 unspecified atom stereocenters. The Hall–Kier alpha value is -2.81. The number of hydrazine groups is 2. The van der Waals surface area contributed by atoms with E-state index in [2.05, 4.69) is 10.9 Å². The summed E-state index contributed by atoms with van der Waals surface area (Å²) in [4.78, 5) is 36.3. The summed E-state index contributed by atoms with van der Waals surface area (Å²) in [5.74, 6) is -1.98. The molecule has 2 rings (SSSR count). The van der Waals surface area contributed by atoms with Gasteiger partial charge in [-0.05, 0) is 36.4 Å². The second-order valence-electron chi connectivity index (χ2n) is 5.10. The number of hydrogen-bond acceptors (Lipinski definition) is 5. The fourth-order valence-electron chi connectivity index (χ4n) is 1.85. The van der Waals surface area contributed by atoms with Gasteiger partial charge in [0.05, 0.1) is 6.54 Å². The van der Waals surface area contributed by atoms with Crippen LogP contribution in [-0.2, 0) is 9.59 Å². The van der Waals surface area contributed by atoms with Gasteiger partial charge in [-0.25, -0.2) is 10.9 Å². The minimum Gasteiger partial charge on any atom is -0.465 e. The summed E-state index contributed by atoms with van der Waals surface area (Å²) in [5.41, 5.74) is 8.50. The molecule has 8 nitrogen and oxygen atoms in total. The highest BCUT2D eigenvalue weighted by atomic mass is 35.5. The van der Waals surface area contributed by atoms with Crippen LogP contribution in [0.5, 0.6) is 5.75 Å². The van der Waals surface area contributed by atoms with Crippen LogP contribution in [0.3, 0.4) is 0 Å². The van der Waals surface area contributed by atoms with Gasteiger partial charge in [-0.3, -0.25) is 14.4 Å². The Morgan fingerprint density at radius 2 is 1.67 bits per heavy atom. The topological polar surface area (TPSA) is 114 Å². The molecule has 2 aromatic carbocycles. The molecule has 4 N–H and O–H groups in total. The van der Waals surface area contributed by atoms with E-state index in [1.54, 1.807) is 30.3 Å². The predicted octanol–water partition coefficient (Wildman–Crippen LogP) is 1.45. The number of benzene rings is 2. The lowest BCUT2D eigenvalue weighted by Gasteiger charge is -2.24. The molecule has 0 heterocycles. The summed E-state index contributed by atoms with van der Waals surface area (Å²) in [6, 6.07) is 14.3. The summed E-state index contributed by atoms with van der Waals surface area (Å²) >= 11 is 11.7. The van der Waals surface area contributed by atoms with Crippen molar-refractivity contribution in [1.82, 2.24) is 16.0 Å². The molecule has 0 spiro atoms. The first kappa shape index (κ1) is 20.5. The molecular weight excluding hydrogens is 395 g/mol. The molecule has 0 fully saturated rings. The second-order valence-corrected chi connectivity index (χ2v) is 5.94. The average Bonchev–Trinajstić information content (AvgIpc) is 2.69. The van der Waals surface area contributed by atoms with Crippen LogP contribution in [0.15, 0.2) is 54.6 Å². The minimum absolute atomic E-state index is 0.279. The Morgan fingerprint density at radius 1 is 1.04 bits per heavy atom. The molecule has 27 heavy (non-hydrogen) atoms. The maximum absolute atomic E-state index is 12.2. The minimum atomic E-state index is -1.48. The molecule has 0 saturated heterocycles. The Bertz CT molecular complexity index is 802. The van der Waals surface area contributed by atoms with Crippen LogP contribution in [0.4, 0.5) is 0 Å². The number of alkyl halides is 1. The van der Waals surface area contributed by atoms with Crippen molar-refractivity contribution < 1.29 is 19.1 Å². The van der Waals surface area contributed by atoms with Crippen molar-refractivity contribution in [3.05, 3.63) is 65.2 Å². The zero-order valence-corrected chi connectivity index (χ0v) is 15.4. The molecule has 2 aromatic rings. The Kier molecular flexibility index (Phi) is 7.42. The number of nitrogens with zero attached hydrogens (tertiary/aromatic N) is 1. The van der Waals surface area contributed by atoms with E-state index >= 15 is 0 Å². The smallest absolute Gasteiger partial charge is 0.297 e. The molecule has 0 saturated carbocycles. The van der Waals surface area contributed by atoms with Gasteiger partial charge >= 0.3 is 0 Å². The van der Waals surface area contributed by atoms with Crippen LogP contribution in [0.1, 0.15) is 10.4 Å². The lowest BCUT2D eigenvalue weighted by Crippen LogP contribution is -2.59. The number of hydrogen-bond donors (Lipinski definition) is 3. The highest BCUT2D eigenvalue weighted by molar-refractivity contribution is 6.30. The van der Waals surface area contributed by atoms with Crippen molar-refractivity contribution in [1.29, 1.82) is 0 Å². The quantitative estimate of drug-likeness (QED) is 0.509. The third-order valence-corrected chi connectivity index (χ3v) is 3.69. The van der Waals surface area contributed by atoms with Gasteiger partial charge in [0.25, 0.3) is 23.3 Å². The van der Waals surface area contributed by atoms with E-state index in [0.29, 0.717) is 15.9 Å². The molecule has 0 aliphatic heterocycles. The standard InChI is InChI=1S/C17H16Cl2N4O4/c18-12-6-8-13(9-7-12)27-15(19)17(26)22-23(14(24)10-20)21-16(25)11-4-2-1-3-5-11/h1-9,15H,10,20H2,(H,21,25)(H,22,26). The van der Waals surface area contributed by atoms with E-state index in [4.69, 9.17) is 33.7 Å². The number of carbonyl (C=O) groups excluding carboxylic acids is 3. The van der Waals surface area contributed by atoms with Crippen molar-refractivity contribution in [2.24, 2.45) is 5.73 Å². The fraction of sp³-hybridized carbons (Fsp3) is 0.118. The first-order valence-corrected chi connectivity index (χ1v) is 8.48. The molecule has 0 bridgehead atoms. The van der Waals surface area contributed by atoms with E-state index in [-0.39, 0.29) is 5.56 Å². The zero-order chi connectivity index (χ0) is 19.8. The van der Waals surface area contributed by atoms with Crippen LogP contribution < -0.4 is 21.3 Å². The maximum atomic E-state index is 12.2. The molecule has 0 aromatic heterocycles. The van der Waals surface area contributed by atoms with Crippen LogP contribution in [0.2, 0.25) is 5.02 Å². The van der Waals surface area contributed by atoms with Crippen molar-refractivity contribution in [3.63, 3.8) is 0 Å². The van der Waals surface area contributed by atoms with Crippen molar-refractivity contribution >= 4 is 40.9 Å². The van der Waals surface area contributed by atoms with Crippen molar-refractivity contribution in [2.75, 3.05) is 6.54 Å². The molecule has 142 valence electrons. The summed E-state index contributed by atoms with van der Waals surface area (Å²) in [6.45, 7) is -0.458. The monoisotopic (exact) mass is 410 g/mol. The fourth-order valence-corrected chi connectivity index (χ4v) is 2.12. The highest BCUT2D eigenvalue weighted by Crippen LogP contribution is 2.17. The largest absolute Gasteiger partial charge is 0.465 e. The predicted molar refractivity (Wildman–Crippen MR) is 99.7 cm³/mol. The van der Waals surface area contributed by atoms with Crippen molar-refractivity contribution in [2.45, 2.75) is 5.56 Å². The average molecular weight is 411 g/mol. The van der Waals surface area contributed by atoms with E-state index in [1.807, 2.05) is 0 Å². The number of rotatable bonds is 5. The van der Waals surface area contributed by atoms with Gasteiger partial charge in [-0.1, -0.05) is 41.4 Å². The maximum Gasteiger partial charge on any atom is 0.297 e. The number of nitrogens with two attached hydrogens (primary N) is 1. The van der Waals surface area contributed by atoms with E-state index < -0.39 is 29.8 Å². The first-order valence-electron chi connectivity index (χ1n) is 7.66. The van der Waals surface area contributed by atoms with Gasteiger partial charge in [0.2, 0.25) is 0 Å². The van der Waals surface area contributed by atoms with Crippen LogP contribution in [0.25, 0.3) is 0 Å². The van der Waals surface area contributed by atoms with Gasteiger partial charge in [0.1, 0.15) is 5.75 Å². The molecule has 10 heteroatoms. The SMILES string of the molecule is NCC(=O)N(NC(=O)c1ccccc1)NC(=O)C(Cl)Oc1ccc(Cl)cc1. The zero-order valence-electron chi connectivity index (χ0n) is 13.9. The number of amides is 3. The van der Waals surface area contributed by atoms with Crippen molar-refractivity contribution in [3.8, 4) is 5.75 Å². The van der Waals surface area contributed by atoms with E-state index in [9.17, 15) is 14.4 Å². The van der Waals surface area contributed by atoms with E-state index in [0.717, 1.165) is 0 Å². The van der Waals surface area contributed by atoms with Gasteiger partial charge in [0.15, 0.2) is 0 Å². The van der Waals surface area contributed by atoms with E-state index in [1.165, 1.54) is 24.3 Å². The van der Waals surface area contributed by atoms with Crippen LogP contribution >= 0.6 is 23.2 Å². The normalized spacial score (nSPS) is 11.2. The second kappa shape index (κ2) is 9.77. The number of ether oxygens (including phenoxy) is 1. The first-order chi connectivity index (χ1) is 12.9. The summed E-state index contributed by atoms with van der Waals surface area (Å²) in [6.07, 6.45) is 0. The van der Waals surface area contributed by atoms with Crippen LogP contribution in [-0.4, -0.2) is 34.9 Å². The third kappa shape index (κ3) is 6.14. The summed E-state index contributed by atoms with van der Waals surface area (Å²) in [7, 11) is 0. The highest BCUT2D eigenvalue weighted by Gasteiger charge is 2.24. The van der Waals surface area contributed by atoms with Gasteiger partial charge in [-0.15, -0.1) is 0 Å². The molecule has 1 atom stereocenters. The number of carbonyl (C=O) groups is 3. The lowest BCUT2D eigenvalue weighted by molar-refractivity contribution is -0.144. The van der Waals surface area contributed by atoms with Gasteiger partial charge in [-0.2, -0.15) is 5.12 Å². The molecule has 0 aliphatic carbocycles. The van der Waals surface area contributed by atoms with Gasteiger partial charge in [0, 0.05) is 10.6 Å². The Labute approximate surface area is 165 Å². The lowest BCUT2D eigenvalue weighted by atomic mass is 10.2.